The summed E-state index contributed by atoms with van der Waals surface area (Å²) in [5, 5.41) is 5.03. The normalized spacial score (nSPS) is 21.8. The molecule has 27 heavy (non-hydrogen) atoms. The van der Waals surface area contributed by atoms with Gasteiger partial charge in [0.2, 0.25) is 5.92 Å². The monoisotopic (exact) mass is 384 g/mol. The van der Waals surface area contributed by atoms with Crippen molar-refractivity contribution in [2.45, 2.75) is 70.2 Å². The third-order valence-corrected chi connectivity index (χ3v) is 4.04. The van der Waals surface area contributed by atoms with Gasteiger partial charge in [-0.1, -0.05) is 30.3 Å². The van der Waals surface area contributed by atoms with Gasteiger partial charge in [-0.05, 0) is 32.8 Å². The summed E-state index contributed by atoms with van der Waals surface area (Å²) in [6, 6.07) is 7.48. The van der Waals surface area contributed by atoms with E-state index in [9.17, 15) is 18.4 Å². The maximum atomic E-state index is 13.8. The van der Waals surface area contributed by atoms with E-state index in [1.54, 1.807) is 32.9 Å². The van der Waals surface area contributed by atoms with Crippen LogP contribution < -0.4 is 10.6 Å². The summed E-state index contributed by atoms with van der Waals surface area (Å²) in [5.41, 5.74) is 0.0602. The number of amides is 2. The summed E-state index contributed by atoms with van der Waals surface area (Å²) in [4.78, 5) is 24.0. The van der Waals surface area contributed by atoms with Gasteiger partial charge in [-0.3, -0.25) is 0 Å². The molecule has 2 N–H and O–H groups in total. The Hall–Kier alpha value is -2.38. The number of hydrogen-bond acceptors (Lipinski definition) is 4. The van der Waals surface area contributed by atoms with Crippen molar-refractivity contribution < 1.29 is 27.8 Å². The second-order valence-corrected chi connectivity index (χ2v) is 7.66. The molecule has 0 bridgehead atoms. The number of nitrogens with one attached hydrogen (secondary N) is 2. The summed E-state index contributed by atoms with van der Waals surface area (Å²) in [7, 11) is 0. The van der Waals surface area contributed by atoms with Gasteiger partial charge in [-0.15, -0.1) is 0 Å². The maximum absolute atomic E-state index is 13.8. The first-order valence-electron chi connectivity index (χ1n) is 8.89. The van der Waals surface area contributed by atoms with Gasteiger partial charge in [-0.25, -0.2) is 18.4 Å². The quantitative estimate of drug-likeness (QED) is 0.823. The van der Waals surface area contributed by atoms with Crippen LogP contribution in [0.15, 0.2) is 30.3 Å². The molecule has 0 unspecified atom stereocenters. The second-order valence-electron chi connectivity index (χ2n) is 7.66. The van der Waals surface area contributed by atoms with Crippen molar-refractivity contribution in [2.24, 2.45) is 0 Å². The fourth-order valence-corrected chi connectivity index (χ4v) is 2.83. The number of alkyl halides is 2. The van der Waals surface area contributed by atoms with Crippen LogP contribution in [-0.2, 0) is 16.1 Å². The van der Waals surface area contributed by atoms with Crippen LogP contribution in [-0.4, -0.2) is 35.8 Å². The highest BCUT2D eigenvalue weighted by atomic mass is 19.3. The highest BCUT2D eigenvalue weighted by Crippen LogP contribution is 2.33. The molecule has 0 radical (unpaired) electrons. The zero-order chi connectivity index (χ0) is 20.1. The van der Waals surface area contributed by atoms with Crippen LogP contribution in [0.5, 0.6) is 0 Å². The van der Waals surface area contributed by atoms with E-state index >= 15 is 0 Å². The number of halogens is 2. The molecule has 2 rings (SSSR count). The Bertz CT molecular complexity index is 647. The molecule has 0 aliphatic heterocycles. The standard InChI is InChI=1S/C19H26F2N2O4/c1-18(2,3)27-17(25)23-15-11-19(20,21)10-9-14(15)22-16(24)26-12-13-7-5-4-6-8-13/h4-8,14-15H,9-12H2,1-3H3,(H,22,24)(H,23,25)/t14-,15+/m1/s1. The number of benzene rings is 1. The minimum Gasteiger partial charge on any atom is -0.445 e. The number of alkyl carbamates (subject to hydrolysis) is 2. The van der Waals surface area contributed by atoms with Crippen LogP contribution in [0.4, 0.5) is 18.4 Å². The van der Waals surface area contributed by atoms with Gasteiger partial charge in [0.25, 0.3) is 0 Å². The van der Waals surface area contributed by atoms with Crippen LogP contribution in [0.2, 0.25) is 0 Å². The van der Waals surface area contributed by atoms with Crippen molar-refractivity contribution in [3.8, 4) is 0 Å². The Labute approximate surface area is 157 Å². The fourth-order valence-electron chi connectivity index (χ4n) is 2.83. The van der Waals surface area contributed by atoms with Crippen molar-refractivity contribution >= 4 is 12.2 Å². The predicted octanol–water partition coefficient (Wildman–Crippen LogP) is 3.99. The number of rotatable bonds is 4. The van der Waals surface area contributed by atoms with E-state index < -0.39 is 42.2 Å². The van der Waals surface area contributed by atoms with Gasteiger partial charge in [0.1, 0.15) is 12.2 Å². The first kappa shape index (κ1) is 20.9. The van der Waals surface area contributed by atoms with E-state index in [2.05, 4.69) is 10.6 Å². The van der Waals surface area contributed by atoms with E-state index in [-0.39, 0.29) is 19.4 Å². The van der Waals surface area contributed by atoms with Gasteiger partial charge in [-0.2, -0.15) is 0 Å². The largest absolute Gasteiger partial charge is 0.445 e. The Morgan fingerprint density at radius 2 is 1.74 bits per heavy atom. The van der Waals surface area contributed by atoms with Crippen molar-refractivity contribution in [3.63, 3.8) is 0 Å². The predicted molar refractivity (Wildman–Crippen MR) is 95.5 cm³/mol. The Morgan fingerprint density at radius 3 is 2.37 bits per heavy atom. The highest BCUT2D eigenvalue weighted by molar-refractivity contribution is 5.70. The van der Waals surface area contributed by atoms with Crippen LogP contribution in [0.1, 0.15) is 45.6 Å². The molecule has 0 heterocycles. The van der Waals surface area contributed by atoms with Gasteiger partial charge in [0.05, 0.1) is 12.1 Å². The van der Waals surface area contributed by atoms with Gasteiger partial charge < -0.3 is 20.1 Å². The summed E-state index contributed by atoms with van der Waals surface area (Å²) < 4.78 is 37.8. The molecule has 1 aromatic carbocycles. The van der Waals surface area contributed by atoms with E-state index in [0.717, 1.165) is 5.56 Å². The van der Waals surface area contributed by atoms with E-state index in [1.165, 1.54) is 0 Å². The average molecular weight is 384 g/mol. The first-order chi connectivity index (χ1) is 12.5. The van der Waals surface area contributed by atoms with Crippen molar-refractivity contribution in [3.05, 3.63) is 35.9 Å². The Morgan fingerprint density at radius 1 is 1.11 bits per heavy atom. The smallest absolute Gasteiger partial charge is 0.407 e. The zero-order valence-corrected chi connectivity index (χ0v) is 15.8. The topological polar surface area (TPSA) is 76.7 Å². The molecule has 1 fully saturated rings. The molecule has 1 aliphatic rings. The number of carbonyl (C=O) groups is 2. The van der Waals surface area contributed by atoms with Crippen LogP contribution >= 0.6 is 0 Å². The Kier molecular flexibility index (Phi) is 6.62. The molecular formula is C19H26F2N2O4. The number of ether oxygens (including phenoxy) is 2. The van der Waals surface area contributed by atoms with Gasteiger partial charge in [0, 0.05) is 12.8 Å². The van der Waals surface area contributed by atoms with Gasteiger partial charge >= 0.3 is 12.2 Å². The van der Waals surface area contributed by atoms with E-state index in [4.69, 9.17) is 9.47 Å². The summed E-state index contributed by atoms with van der Waals surface area (Å²) in [6.45, 7) is 5.11. The lowest BCUT2D eigenvalue weighted by molar-refractivity contribution is -0.0526. The lowest BCUT2D eigenvalue weighted by Gasteiger charge is -2.36. The summed E-state index contributed by atoms with van der Waals surface area (Å²) in [5.74, 6) is -2.91. The lowest BCUT2D eigenvalue weighted by Crippen LogP contribution is -2.57. The number of carbonyl (C=O) groups excluding carboxylic acids is 2. The van der Waals surface area contributed by atoms with Crippen molar-refractivity contribution in [2.75, 3.05) is 0 Å². The van der Waals surface area contributed by atoms with Crippen molar-refractivity contribution in [1.82, 2.24) is 10.6 Å². The fraction of sp³-hybridized carbons (Fsp3) is 0.579. The first-order valence-corrected chi connectivity index (χ1v) is 8.89. The Balaban J connectivity index is 1.93. The molecule has 1 aromatic rings. The molecule has 0 spiro atoms. The molecule has 6 nitrogen and oxygen atoms in total. The summed E-state index contributed by atoms with van der Waals surface area (Å²) >= 11 is 0. The minimum atomic E-state index is -2.91. The molecule has 2 amide bonds. The molecule has 0 saturated heterocycles. The molecule has 150 valence electrons. The molecule has 0 aromatic heterocycles. The second kappa shape index (κ2) is 8.54. The lowest BCUT2D eigenvalue weighted by atomic mass is 9.87. The zero-order valence-electron chi connectivity index (χ0n) is 15.8. The SMILES string of the molecule is CC(C)(C)OC(=O)N[C@H]1CC(F)(F)CC[C@H]1NC(=O)OCc1ccccc1. The molecule has 2 atom stereocenters. The summed E-state index contributed by atoms with van der Waals surface area (Å²) in [6.07, 6.45) is -2.44. The highest BCUT2D eigenvalue weighted by Gasteiger charge is 2.43. The van der Waals surface area contributed by atoms with Crippen LogP contribution in [0.3, 0.4) is 0 Å². The van der Waals surface area contributed by atoms with Crippen molar-refractivity contribution in [1.29, 1.82) is 0 Å². The third kappa shape index (κ3) is 7.40. The van der Waals surface area contributed by atoms with E-state index in [1.807, 2.05) is 18.2 Å². The maximum Gasteiger partial charge on any atom is 0.407 e. The average Bonchev–Trinajstić information content (AvgIpc) is 2.54. The van der Waals surface area contributed by atoms with E-state index in [0.29, 0.717) is 0 Å². The minimum absolute atomic E-state index is 0.0217. The molecule has 8 heteroatoms. The molecular weight excluding hydrogens is 358 g/mol. The molecule has 1 aliphatic carbocycles. The van der Waals surface area contributed by atoms with Gasteiger partial charge in [0.15, 0.2) is 0 Å². The third-order valence-electron chi connectivity index (χ3n) is 4.04. The van der Waals surface area contributed by atoms with Crippen LogP contribution in [0.25, 0.3) is 0 Å². The number of hydrogen-bond donors (Lipinski definition) is 2. The van der Waals surface area contributed by atoms with Crippen LogP contribution in [0, 0.1) is 0 Å². The molecule has 1 saturated carbocycles.